The van der Waals surface area contributed by atoms with Gasteiger partial charge in [-0.2, -0.15) is 11.8 Å². The molecule has 3 aromatic carbocycles. The largest absolute Gasteiger partial charge is 0.391 e. The second-order valence-electron chi connectivity index (χ2n) is 20.0. The van der Waals surface area contributed by atoms with E-state index in [0.29, 0.717) is 38.6 Å². The van der Waals surface area contributed by atoms with Gasteiger partial charge in [0, 0.05) is 25.0 Å². The molecule has 0 amide bonds. The van der Waals surface area contributed by atoms with Crippen LogP contribution in [-0.2, 0) is 61.4 Å². The van der Waals surface area contributed by atoms with Gasteiger partial charge in [-0.3, -0.25) is 14.4 Å². The van der Waals surface area contributed by atoms with Crippen molar-refractivity contribution < 1.29 is 38.1 Å². The smallest absolute Gasteiger partial charge is 0.156 e. The Balaban J connectivity index is 0.000000232. The number of aryl methyl sites for hydroxylation is 1. The molecule has 13 heteroatoms. The number of hydrogen-bond acceptors (Lipinski definition) is 12. The number of Topliss-reactive ketones (excluding diaryl/α,β-unsaturated/α-hetero) is 3. The van der Waals surface area contributed by atoms with Crippen molar-refractivity contribution in [3.05, 3.63) is 106 Å². The number of ketones is 3. The zero-order valence-electron chi connectivity index (χ0n) is 43.4. The van der Waals surface area contributed by atoms with Gasteiger partial charge in [-0.25, -0.2) is 8.42 Å². The fourth-order valence-electron chi connectivity index (χ4n) is 9.32. The molecule has 6 atom stereocenters. The number of aliphatic hydroxyl groups excluding tert-OH is 3. The molecule has 3 aliphatic heterocycles. The van der Waals surface area contributed by atoms with Crippen LogP contribution in [0, 0.1) is 0 Å². The number of rotatable bonds is 30. The number of unbranched alkanes of at least 4 members (excludes halogenated alkanes) is 11. The first-order chi connectivity index (χ1) is 34.3. The predicted octanol–water partition coefficient (Wildman–Crippen LogP) is 8.77. The second kappa shape index (κ2) is 34.3. The topological polar surface area (TPSA) is 182 Å². The van der Waals surface area contributed by atoms with Crippen LogP contribution in [0.2, 0.25) is 0 Å². The Labute approximate surface area is 431 Å². The van der Waals surface area contributed by atoms with E-state index in [9.17, 15) is 38.1 Å². The summed E-state index contributed by atoms with van der Waals surface area (Å²) in [6.07, 6.45) is 19.5. The third kappa shape index (κ3) is 23.7. The summed E-state index contributed by atoms with van der Waals surface area (Å²) in [6.45, 7) is 8.70. The maximum absolute atomic E-state index is 12.2. The van der Waals surface area contributed by atoms with E-state index < -0.39 is 34.2 Å². The van der Waals surface area contributed by atoms with Crippen molar-refractivity contribution in [1.29, 1.82) is 0 Å². The Kier molecular flexibility index (Phi) is 29.1. The summed E-state index contributed by atoms with van der Waals surface area (Å²) in [5.41, 5.74) is 6.35. The van der Waals surface area contributed by atoms with Gasteiger partial charge < -0.3 is 31.3 Å². The first-order valence-corrected chi connectivity index (χ1v) is 30.1. The van der Waals surface area contributed by atoms with E-state index in [1.54, 1.807) is 24.3 Å². The number of aliphatic hydroxyl groups is 3. The highest BCUT2D eigenvalue weighted by atomic mass is 32.2. The molecule has 11 nitrogen and oxygen atoms in total. The number of carbonyl (C=O) groups excluding carboxylic acids is 3. The molecule has 0 aliphatic carbocycles. The minimum Gasteiger partial charge on any atom is -0.391 e. The zero-order valence-corrected chi connectivity index (χ0v) is 45.0. The number of benzene rings is 3. The van der Waals surface area contributed by atoms with Crippen LogP contribution in [0.25, 0.3) is 0 Å². The van der Waals surface area contributed by atoms with Gasteiger partial charge in [-0.05, 0) is 104 Å². The normalized spacial score (nSPS) is 20.8. The molecule has 0 radical (unpaired) electrons. The number of thioether (sulfide) groups is 1. The van der Waals surface area contributed by atoms with E-state index in [1.807, 2.05) is 23.9 Å². The lowest BCUT2D eigenvalue weighted by Gasteiger charge is -2.13. The van der Waals surface area contributed by atoms with Crippen LogP contribution < -0.4 is 16.0 Å². The first-order valence-electron chi connectivity index (χ1n) is 27.2. The van der Waals surface area contributed by atoms with Gasteiger partial charge >= 0.3 is 0 Å². The summed E-state index contributed by atoms with van der Waals surface area (Å²) in [5, 5.41) is 38.5. The molecule has 0 aromatic heterocycles. The summed E-state index contributed by atoms with van der Waals surface area (Å²) in [5.74, 6) is 2.72. The lowest BCUT2D eigenvalue weighted by Crippen LogP contribution is -2.39. The average molecular weight is 1020 g/mol. The van der Waals surface area contributed by atoms with Gasteiger partial charge in [-0.1, -0.05) is 164 Å². The van der Waals surface area contributed by atoms with Gasteiger partial charge in [0.05, 0.1) is 47.9 Å². The fourth-order valence-corrected chi connectivity index (χ4v) is 11.8. The highest BCUT2D eigenvalue weighted by Gasteiger charge is 2.32. The Morgan fingerprint density at radius 1 is 0.479 bits per heavy atom. The van der Waals surface area contributed by atoms with E-state index >= 15 is 0 Å². The quantitative estimate of drug-likeness (QED) is 0.0350. The minimum atomic E-state index is -3.08. The van der Waals surface area contributed by atoms with Gasteiger partial charge in [0.2, 0.25) is 0 Å². The number of nitrogens with one attached hydrogen (secondary N) is 3. The third-order valence-corrected chi connectivity index (χ3v) is 16.5. The van der Waals surface area contributed by atoms with Crippen LogP contribution in [0.15, 0.2) is 72.8 Å². The molecule has 0 spiro atoms. The summed E-state index contributed by atoms with van der Waals surface area (Å²) < 4.78 is 24.3. The van der Waals surface area contributed by atoms with Crippen LogP contribution in [0.4, 0.5) is 0 Å². The van der Waals surface area contributed by atoms with Gasteiger partial charge in [0.1, 0.15) is 0 Å². The fraction of sp³-hybridized carbons (Fsp3) is 0.638. The van der Waals surface area contributed by atoms with Crippen LogP contribution in [0.5, 0.6) is 0 Å². The molecule has 3 heterocycles. The molecule has 3 aliphatic rings. The molecular formula is C58H89N3O8S2. The van der Waals surface area contributed by atoms with E-state index in [1.165, 1.54) is 81.1 Å². The SMILES string of the molecule is CCCCCCCCc1ccc(CC(=O)C2NCC[C@H]2O)cc1.CCCCCCS(=O)(=O)Cc1ccc(CC(=O)C2NCC[C@@H]2O)cc1.CCCCCCSCc1ccc(CC(=O)C2NCC[C@H]2O)cc1. The third-order valence-electron chi connectivity index (χ3n) is 13.7. The van der Waals surface area contributed by atoms with E-state index in [-0.39, 0.29) is 47.4 Å². The molecule has 396 valence electrons. The molecule has 3 unspecified atom stereocenters. The Hall–Kier alpha value is -3.27. The maximum Gasteiger partial charge on any atom is 0.156 e. The van der Waals surface area contributed by atoms with Crippen LogP contribution in [0.3, 0.4) is 0 Å². The van der Waals surface area contributed by atoms with Crippen molar-refractivity contribution in [2.75, 3.05) is 31.1 Å². The number of sulfone groups is 1. The van der Waals surface area contributed by atoms with Crippen molar-refractivity contribution in [1.82, 2.24) is 16.0 Å². The minimum absolute atomic E-state index is 0.0266. The summed E-state index contributed by atoms with van der Waals surface area (Å²) >= 11 is 1.99. The Morgan fingerprint density at radius 3 is 1.24 bits per heavy atom. The van der Waals surface area contributed by atoms with Gasteiger partial charge in [0.25, 0.3) is 0 Å². The highest BCUT2D eigenvalue weighted by molar-refractivity contribution is 7.98. The molecule has 3 fully saturated rings. The van der Waals surface area contributed by atoms with Crippen molar-refractivity contribution in [3.63, 3.8) is 0 Å². The lowest BCUT2D eigenvalue weighted by atomic mass is 9.99. The molecule has 71 heavy (non-hydrogen) atoms. The van der Waals surface area contributed by atoms with Crippen molar-refractivity contribution >= 4 is 38.9 Å². The highest BCUT2D eigenvalue weighted by Crippen LogP contribution is 2.19. The second-order valence-corrected chi connectivity index (χ2v) is 23.3. The Morgan fingerprint density at radius 2 is 0.831 bits per heavy atom. The van der Waals surface area contributed by atoms with Crippen molar-refractivity contribution in [3.8, 4) is 0 Å². The molecular weight excluding hydrogens is 931 g/mol. The maximum atomic E-state index is 12.2. The molecule has 0 saturated carbocycles. The zero-order chi connectivity index (χ0) is 51.3. The Bertz CT molecular complexity index is 1980. The monoisotopic (exact) mass is 1020 g/mol. The van der Waals surface area contributed by atoms with Crippen molar-refractivity contribution in [2.45, 2.75) is 204 Å². The van der Waals surface area contributed by atoms with E-state index in [0.717, 1.165) is 73.2 Å². The molecule has 6 N–H and O–H groups in total. The molecule has 3 aromatic rings. The van der Waals surface area contributed by atoms with E-state index in [4.69, 9.17) is 0 Å². The summed E-state index contributed by atoms with van der Waals surface area (Å²) in [7, 11) is -3.08. The predicted molar refractivity (Wildman–Crippen MR) is 292 cm³/mol. The van der Waals surface area contributed by atoms with E-state index in [2.05, 4.69) is 73.1 Å². The number of carbonyl (C=O) groups is 3. The van der Waals surface area contributed by atoms with Crippen LogP contribution in [0.1, 0.15) is 163 Å². The first kappa shape index (κ1) is 60.3. The summed E-state index contributed by atoms with van der Waals surface area (Å²) in [6, 6.07) is 22.7. The summed E-state index contributed by atoms with van der Waals surface area (Å²) in [4.78, 5) is 36.6. The van der Waals surface area contributed by atoms with Crippen LogP contribution >= 0.6 is 11.8 Å². The molecule has 6 rings (SSSR count). The number of hydrogen-bond donors (Lipinski definition) is 6. The lowest BCUT2D eigenvalue weighted by molar-refractivity contribution is -0.122. The standard InChI is InChI=1S/C20H31NO2.C19H29NO4S.C19H29NO2S/c1-2-3-4-5-6-7-8-16-9-11-17(12-10-16)15-19(23)20-18(22)13-14-21-20;1-2-3-4-5-12-25(23,24)14-16-8-6-15(7-9-16)13-18(22)19-17(21)10-11-20-19;1-2-3-4-5-12-23-14-16-8-6-15(7-9-16)13-18(22)19-17(21)10-11-20-19/h9-12,18,20-22H,2-8,13-15H2,1H3;6-9,17,19-21H,2-5,10-14H2,1H3;6-9,17,19-21H,2-5,10-14H2,1H3/t18-,20?;2*17-,19?/m101/s1. The average Bonchev–Trinajstić information content (AvgIpc) is 4.13. The van der Waals surface area contributed by atoms with Gasteiger partial charge in [0.15, 0.2) is 27.2 Å². The molecule has 0 bridgehead atoms. The van der Waals surface area contributed by atoms with Crippen LogP contribution in [-0.4, -0.2) is 109 Å². The van der Waals surface area contributed by atoms with Gasteiger partial charge in [-0.15, -0.1) is 0 Å². The van der Waals surface area contributed by atoms with Crippen molar-refractivity contribution in [2.24, 2.45) is 0 Å². The molecule has 3 saturated heterocycles.